The third kappa shape index (κ3) is 6.58. The van der Waals surface area contributed by atoms with E-state index in [1.54, 1.807) is 30.0 Å². The Hall–Kier alpha value is -2.08. The largest absolute Gasteiger partial charge is 0.487 e. The summed E-state index contributed by atoms with van der Waals surface area (Å²) in [5.74, 6) is 6.41. The second-order valence-corrected chi connectivity index (χ2v) is 11.9. The standard InChI is InChI=1S/C27H40N2O5S/c1-5-6-8-11-22-14-15-26-24(16-22)34-25(18-28(4)27(31)23-12-9-7-10-13-23)20(2)17-29(21(3)19-30)35(26,32)33/h14-16,20-21,23,25,30H,5-7,9-10,12-13,17-19H2,1-4H3/t20-,21+,25+/m1/s1. The van der Waals surface area contributed by atoms with E-state index in [1.165, 1.54) is 10.7 Å². The zero-order valence-corrected chi connectivity index (χ0v) is 22.3. The van der Waals surface area contributed by atoms with Gasteiger partial charge in [-0.3, -0.25) is 4.79 Å². The first-order chi connectivity index (χ1) is 16.7. The molecule has 1 N–H and O–H groups in total. The number of carbonyl (C=O) groups excluding carboxylic acids is 1. The third-order valence-corrected chi connectivity index (χ3v) is 9.08. The number of nitrogens with zero attached hydrogens (tertiary/aromatic N) is 2. The summed E-state index contributed by atoms with van der Waals surface area (Å²) in [6, 6.07) is 4.34. The Balaban J connectivity index is 1.96. The van der Waals surface area contributed by atoms with E-state index < -0.39 is 22.2 Å². The quantitative estimate of drug-likeness (QED) is 0.598. The average Bonchev–Trinajstić information content (AvgIpc) is 2.85. The minimum Gasteiger partial charge on any atom is -0.487 e. The molecule has 3 rings (SSSR count). The van der Waals surface area contributed by atoms with Crippen LogP contribution in [0.2, 0.25) is 0 Å². The number of likely N-dealkylation sites (N-methyl/N-ethyl adjacent to an activating group) is 1. The first-order valence-corrected chi connectivity index (χ1v) is 14.3. The smallest absolute Gasteiger partial charge is 0.247 e. The fourth-order valence-corrected chi connectivity index (χ4v) is 6.66. The molecule has 1 aromatic rings. The van der Waals surface area contributed by atoms with Gasteiger partial charge in [-0.2, -0.15) is 4.31 Å². The van der Waals surface area contributed by atoms with Crippen LogP contribution in [0.15, 0.2) is 23.1 Å². The lowest BCUT2D eigenvalue weighted by atomic mass is 9.88. The van der Waals surface area contributed by atoms with Gasteiger partial charge in [0.1, 0.15) is 16.7 Å². The maximum absolute atomic E-state index is 13.6. The molecule has 1 heterocycles. The highest BCUT2D eigenvalue weighted by Crippen LogP contribution is 2.34. The Morgan fingerprint density at radius 1 is 1.29 bits per heavy atom. The summed E-state index contributed by atoms with van der Waals surface area (Å²) in [6.07, 6.45) is 6.49. The Kier molecular flexibility index (Phi) is 9.62. The number of aliphatic hydroxyl groups excluding tert-OH is 1. The fourth-order valence-electron chi connectivity index (χ4n) is 4.83. The summed E-state index contributed by atoms with van der Waals surface area (Å²) in [7, 11) is -2.08. The van der Waals surface area contributed by atoms with Crippen LogP contribution in [-0.2, 0) is 14.8 Å². The van der Waals surface area contributed by atoms with Gasteiger partial charge in [0, 0.05) is 43.5 Å². The minimum absolute atomic E-state index is 0.0524. The number of ether oxygens (including phenoxy) is 1. The van der Waals surface area contributed by atoms with Crippen molar-refractivity contribution in [1.82, 2.24) is 9.21 Å². The van der Waals surface area contributed by atoms with Crippen molar-refractivity contribution in [3.05, 3.63) is 23.8 Å². The number of amides is 1. The molecule has 194 valence electrons. The SMILES string of the molecule is CCCC#Cc1ccc2c(c1)O[C@@H](CN(C)C(=O)C1CCCCC1)[C@H](C)CN([C@@H](C)CO)S2(=O)=O. The van der Waals surface area contributed by atoms with Crippen molar-refractivity contribution in [2.75, 3.05) is 26.7 Å². The highest BCUT2D eigenvalue weighted by atomic mass is 32.2. The molecule has 0 saturated heterocycles. The Bertz CT molecular complexity index is 1040. The number of fused-ring (bicyclic) bond motifs is 1. The molecule has 1 fully saturated rings. The Morgan fingerprint density at radius 3 is 2.66 bits per heavy atom. The van der Waals surface area contributed by atoms with Crippen LogP contribution in [0.5, 0.6) is 5.75 Å². The predicted molar refractivity (Wildman–Crippen MR) is 136 cm³/mol. The van der Waals surface area contributed by atoms with Crippen molar-refractivity contribution in [2.24, 2.45) is 11.8 Å². The molecule has 2 aliphatic rings. The fraction of sp³-hybridized carbons (Fsp3) is 0.667. The number of aliphatic hydroxyl groups is 1. The van der Waals surface area contributed by atoms with Crippen LogP contribution in [0, 0.1) is 23.7 Å². The van der Waals surface area contributed by atoms with Gasteiger partial charge >= 0.3 is 0 Å². The van der Waals surface area contributed by atoms with Gasteiger partial charge in [-0.05, 0) is 44.4 Å². The summed E-state index contributed by atoms with van der Waals surface area (Å²) in [6.45, 7) is 5.96. The predicted octanol–water partition coefficient (Wildman–Crippen LogP) is 3.65. The van der Waals surface area contributed by atoms with E-state index in [2.05, 4.69) is 18.8 Å². The summed E-state index contributed by atoms with van der Waals surface area (Å²) in [5, 5.41) is 9.80. The molecule has 0 bridgehead atoms. The number of benzene rings is 1. The van der Waals surface area contributed by atoms with Crippen LogP contribution >= 0.6 is 0 Å². The van der Waals surface area contributed by atoms with Crippen LogP contribution in [0.3, 0.4) is 0 Å². The van der Waals surface area contributed by atoms with Gasteiger partial charge in [-0.1, -0.05) is 45.0 Å². The number of rotatable bonds is 6. The molecule has 1 saturated carbocycles. The molecule has 0 spiro atoms. The molecule has 1 aliphatic heterocycles. The van der Waals surface area contributed by atoms with Gasteiger partial charge in [0.05, 0.1) is 13.2 Å². The van der Waals surface area contributed by atoms with E-state index in [4.69, 9.17) is 4.74 Å². The van der Waals surface area contributed by atoms with E-state index in [0.29, 0.717) is 12.1 Å². The van der Waals surface area contributed by atoms with Crippen molar-refractivity contribution in [3.63, 3.8) is 0 Å². The monoisotopic (exact) mass is 504 g/mol. The molecule has 1 amide bonds. The van der Waals surface area contributed by atoms with Gasteiger partial charge in [0.2, 0.25) is 15.9 Å². The van der Waals surface area contributed by atoms with Crippen LogP contribution < -0.4 is 4.74 Å². The van der Waals surface area contributed by atoms with Gasteiger partial charge in [0.15, 0.2) is 0 Å². The van der Waals surface area contributed by atoms with E-state index >= 15 is 0 Å². The van der Waals surface area contributed by atoms with Gasteiger partial charge < -0.3 is 14.7 Å². The lowest BCUT2D eigenvalue weighted by molar-refractivity contribution is -0.136. The van der Waals surface area contributed by atoms with E-state index in [1.807, 2.05) is 14.0 Å². The highest BCUT2D eigenvalue weighted by Gasteiger charge is 2.38. The van der Waals surface area contributed by atoms with Crippen molar-refractivity contribution in [2.45, 2.75) is 82.8 Å². The maximum atomic E-state index is 13.6. The Morgan fingerprint density at radius 2 is 2.00 bits per heavy atom. The van der Waals surface area contributed by atoms with Crippen LogP contribution in [-0.4, -0.2) is 67.5 Å². The van der Waals surface area contributed by atoms with Crippen LogP contribution in [0.25, 0.3) is 0 Å². The molecule has 1 aliphatic carbocycles. The average molecular weight is 505 g/mol. The first-order valence-electron chi connectivity index (χ1n) is 12.9. The number of sulfonamides is 1. The van der Waals surface area contributed by atoms with E-state index in [0.717, 1.165) is 38.5 Å². The minimum atomic E-state index is -3.89. The van der Waals surface area contributed by atoms with Gasteiger partial charge in [-0.25, -0.2) is 8.42 Å². The first kappa shape index (κ1) is 27.5. The molecule has 1 aromatic carbocycles. The second-order valence-electron chi connectivity index (χ2n) is 10.0. The summed E-state index contributed by atoms with van der Waals surface area (Å²) >= 11 is 0. The van der Waals surface area contributed by atoms with E-state index in [9.17, 15) is 18.3 Å². The van der Waals surface area contributed by atoms with Crippen molar-refractivity contribution >= 4 is 15.9 Å². The van der Waals surface area contributed by atoms with Crippen molar-refractivity contribution in [1.29, 1.82) is 0 Å². The number of carbonyl (C=O) groups is 1. The topological polar surface area (TPSA) is 87.2 Å². The van der Waals surface area contributed by atoms with Gasteiger partial charge in [0.25, 0.3) is 0 Å². The zero-order valence-electron chi connectivity index (χ0n) is 21.5. The summed E-state index contributed by atoms with van der Waals surface area (Å²) in [5.41, 5.74) is 0.688. The van der Waals surface area contributed by atoms with Crippen LogP contribution in [0.4, 0.5) is 0 Å². The zero-order chi connectivity index (χ0) is 25.6. The highest BCUT2D eigenvalue weighted by molar-refractivity contribution is 7.89. The molecule has 7 nitrogen and oxygen atoms in total. The molecular formula is C27H40N2O5S. The molecule has 0 aromatic heterocycles. The lowest BCUT2D eigenvalue weighted by Crippen LogP contribution is -2.50. The lowest BCUT2D eigenvalue weighted by Gasteiger charge is -2.38. The molecule has 3 atom stereocenters. The van der Waals surface area contributed by atoms with Crippen molar-refractivity contribution in [3.8, 4) is 17.6 Å². The van der Waals surface area contributed by atoms with Gasteiger partial charge in [-0.15, -0.1) is 0 Å². The molecule has 0 unspecified atom stereocenters. The maximum Gasteiger partial charge on any atom is 0.247 e. The Labute approximate surface area is 210 Å². The number of unbranched alkanes of at least 4 members (excludes halogenated alkanes) is 1. The summed E-state index contributed by atoms with van der Waals surface area (Å²) in [4.78, 5) is 14.9. The molecule has 35 heavy (non-hydrogen) atoms. The normalized spacial score (nSPS) is 23.6. The summed E-state index contributed by atoms with van der Waals surface area (Å²) < 4.78 is 34.9. The van der Waals surface area contributed by atoms with Crippen molar-refractivity contribution < 1.29 is 23.1 Å². The molecule has 8 heteroatoms. The third-order valence-electron chi connectivity index (χ3n) is 7.06. The molecular weight excluding hydrogens is 464 g/mol. The number of hydrogen-bond acceptors (Lipinski definition) is 5. The van der Waals surface area contributed by atoms with Crippen LogP contribution in [0.1, 0.15) is 71.3 Å². The second kappa shape index (κ2) is 12.2. The van der Waals surface area contributed by atoms with E-state index in [-0.39, 0.29) is 41.5 Å². The molecule has 0 radical (unpaired) electrons. The number of hydrogen-bond donors (Lipinski definition) is 1.